The van der Waals surface area contributed by atoms with E-state index in [0.717, 1.165) is 74.2 Å². The lowest BCUT2D eigenvalue weighted by Crippen LogP contribution is -2.46. The van der Waals surface area contributed by atoms with E-state index in [1.807, 2.05) is 24.3 Å². The van der Waals surface area contributed by atoms with Gasteiger partial charge in [0.05, 0.1) is 6.54 Å². The van der Waals surface area contributed by atoms with Gasteiger partial charge in [0.15, 0.2) is 17.3 Å². The Morgan fingerprint density at radius 2 is 1.75 bits per heavy atom. The number of hydrogen-bond acceptors (Lipinski definition) is 7. The van der Waals surface area contributed by atoms with Gasteiger partial charge in [0, 0.05) is 43.5 Å². The minimum Gasteiger partial charge on any atom is -0.454 e. The van der Waals surface area contributed by atoms with Gasteiger partial charge in [-0.15, -0.1) is 0 Å². The molecular formula is C25H30N4O3. The van der Waals surface area contributed by atoms with Crippen molar-refractivity contribution in [2.24, 2.45) is 0 Å². The van der Waals surface area contributed by atoms with Crippen molar-refractivity contribution in [1.82, 2.24) is 15.4 Å². The molecule has 0 atom stereocenters. The summed E-state index contributed by atoms with van der Waals surface area (Å²) in [5.74, 6) is 2.37. The number of aryl methyl sites for hydroxylation is 1. The Morgan fingerprint density at radius 1 is 0.938 bits per heavy atom. The fourth-order valence-corrected chi connectivity index (χ4v) is 4.21. The van der Waals surface area contributed by atoms with Crippen LogP contribution in [0.3, 0.4) is 0 Å². The number of benzene rings is 2. The summed E-state index contributed by atoms with van der Waals surface area (Å²) in [5.41, 5.74) is 4.43. The molecule has 3 heterocycles. The van der Waals surface area contributed by atoms with Crippen LogP contribution in [0.4, 0.5) is 5.69 Å². The number of nitrogens with one attached hydrogen (secondary N) is 1. The molecule has 0 amide bonds. The minimum atomic E-state index is 0.273. The Hall–Kier alpha value is -3.03. The van der Waals surface area contributed by atoms with Crippen LogP contribution >= 0.6 is 0 Å². The van der Waals surface area contributed by atoms with Crippen LogP contribution in [-0.2, 0) is 6.54 Å². The van der Waals surface area contributed by atoms with Crippen LogP contribution < -0.4 is 19.7 Å². The maximum atomic E-state index is 5.50. The van der Waals surface area contributed by atoms with E-state index in [1.165, 1.54) is 11.3 Å². The Kier molecular flexibility index (Phi) is 6.27. The lowest BCUT2D eigenvalue weighted by atomic mass is 10.1. The molecule has 0 aliphatic carbocycles. The first-order valence-corrected chi connectivity index (χ1v) is 11.3. The highest BCUT2D eigenvalue weighted by Crippen LogP contribution is 2.35. The van der Waals surface area contributed by atoms with E-state index >= 15 is 0 Å². The van der Waals surface area contributed by atoms with Gasteiger partial charge in [-0.05, 0) is 56.8 Å². The number of aromatic nitrogens is 1. The smallest absolute Gasteiger partial charge is 0.231 e. The summed E-state index contributed by atoms with van der Waals surface area (Å²) in [6.07, 6.45) is 1.12. The number of nitrogens with zero attached hydrogens (tertiary/aromatic N) is 3. The number of piperazine rings is 1. The number of rotatable bonds is 8. The van der Waals surface area contributed by atoms with Crippen molar-refractivity contribution in [2.75, 3.05) is 51.0 Å². The summed E-state index contributed by atoms with van der Waals surface area (Å²) in [7, 11) is 0. The van der Waals surface area contributed by atoms with Crippen LogP contribution in [0.15, 0.2) is 53.1 Å². The first-order valence-electron chi connectivity index (χ1n) is 11.3. The van der Waals surface area contributed by atoms with Crippen molar-refractivity contribution in [3.8, 4) is 22.8 Å². The van der Waals surface area contributed by atoms with Crippen LogP contribution in [0.5, 0.6) is 11.5 Å². The largest absolute Gasteiger partial charge is 0.454 e. The summed E-state index contributed by atoms with van der Waals surface area (Å²) in [6, 6.07) is 16.7. The summed E-state index contributed by atoms with van der Waals surface area (Å²) in [5, 5.41) is 7.67. The first-order chi connectivity index (χ1) is 15.7. The van der Waals surface area contributed by atoms with Gasteiger partial charge >= 0.3 is 0 Å². The maximum Gasteiger partial charge on any atom is 0.231 e. The van der Waals surface area contributed by atoms with E-state index in [4.69, 9.17) is 14.0 Å². The second-order valence-electron chi connectivity index (χ2n) is 8.44. The fourth-order valence-electron chi connectivity index (χ4n) is 4.21. The second kappa shape index (κ2) is 9.63. The van der Waals surface area contributed by atoms with Crippen molar-refractivity contribution >= 4 is 5.69 Å². The van der Waals surface area contributed by atoms with Gasteiger partial charge in [0.2, 0.25) is 6.79 Å². The number of fused-ring (bicyclic) bond motifs is 1. The standard InChI is InChI=1S/C25H30N4O3/c1-19-3-6-21(7-4-19)29-13-11-28(12-14-29)10-2-9-26-17-22-16-23(27-32-22)20-5-8-24-25(15-20)31-18-30-24/h3-8,15-16,26H,2,9-14,17-18H2,1H3. The highest BCUT2D eigenvalue weighted by molar-refractivity contribution is 5.64. The Balaban J connectivity index is 1.01. The molecule has 0 bridgehead atoms. The molecule has 0 spiro atoms. The van der Waals surface area contributed by atoms with Crippen molar-refractivity contribution in [2.45, 2.75) is 19.9 Å². The van der Waals surface area contributed by atoms with Gasteiger partial charge in [-0.3, -0.25) is 4.90 Å². The molecule has 0 unspecified atom stereocenters. The van der Waals surface area contributed by atoms with Gasteiger partial charge in [-0.2, -0.15) is 0 Å². The third-order valence-electron chi connectivity index (χ3n) is 6.13. The molecule has 1 aromatic heterocycles. The molecule has 32 heavy (non-hydrogen) atoms. The molecule has 7 nitrogen and oxygen atoms in total. The third kappa shape index (κ3) is 4.89. The monoisotopic (exact) mass is 434 g/mol. The molecule has 0 saturated carbocycles. The second-order valence-corrected chi connectivity index (χ2v) is 8.44. The van der Waals surface area contributed by atoms with E-state index in [9.17, 15) is 0 Å². The first kappa shape index (κ1) is 20.8. The molecule has 1 N–H and O–H groups in total. The molecule has 1 fully saturated rings. The number of anilines is 1. The Morgan fingerprint density at radius 3 is 2.59 bits per heavy atom. The molecule has 3 aromatic rings. The lowest BCUT2D eigenvalue weighted by Gasteiger charge is -2.36. The predicted molar refractivity (Wildman–Crippen MR) is 124 cm³/mol. The summed E-state index contributed by atoms with van der Waals surface area (Å²) in [6.45, 7) is 9.59. The highest BCUT2D eigenvalue weighted by atomic mass is 16.7. The fraction of sp³-hybridized carbons (Fsp3) is 0.400. The quantitative estimate of drug-likeness (QED) is 0.543. The zero-order chi connectivity index (χ0) is 21.8. The SMILES string of the molecule is Cc1ccc(N2CCN(CCCNCc3cc(-c4ccc5c(c4)OCO5)no3)CC2)cc1. The van der Waals surface area contributed by atoms with Gasteiger partial charge in [0.1, 0.15) is 5.69 Å². The van der Waals surface area contributed by atoms with E-state index in [1.54, 1.807) is 0 Å². The van der Waals surface area contributed by atoms with Crippen LogP contribution in [0, 0.1) is 6.92 Å². The Labute approximate surface area is 188 Å². The lowest BCUT2D eigenvalue weighted by molar-refractivity contribution is 0.174. The van der Waals surface area contributed by atoms with E-state index in [0.29, 0.717) is 6.54 Å². The topological polar surface area (TPSA) is 63.0 Å². The zero-order valence-corrected chi connectivity index (χ0v) is 18.5. The molecule has 5 rings (SSSR count). The van der Waals surface area contributed by atoms with Crippen molar-refractivity contribution in [3.05, 3.63) is 59.9 Å². The molecule has 7 heteroatoms. The van der Waals surface area contributed by atoms with Crippen molar-refractivity contribution < 1.29 is 14.0 Å². The average Bonchev–Trinajstić information content (AvgIpc) is 3.49. The van der Waals surface area contributed by atoms with E-state index in [-0.39, 0.29) is 6.79 Å². The zero-order valence-electron chi connectivity index (χ0n) is 18.5. The predicted octanol–water partition coefficient (Wildman–Crippen LogP) is 3.68. The van der Waals surface area contributed by atoms with Crippen LogP contribution in [0.25, 0.3) is 11.3 Å². The van der Waals surface area contributed by atoms with Gasteiger partial charge in [-0.25, -0.2) is 0 Å². The summed E-state index contributed by atoms with van der Waals surface area (Å²) >= 11 is 0. The minimum absolute atomic E-state index is 0.273. The van der Waals surface area contributed by atoms with Crippen molar-refractivity contribution in [1.29, 1.82) is 0 Å². The maximum absolute atomic E-state index is 5.50. The molecule has 2 aromatic carbocycles. The van der Waals surface area contributed by atoms with Crippen LogP contribution in [0.1, 0.15) is 17.7 Å². The van der Waals surface area contributed by atoms with Crippen LogP contribution in [-0.4, -0.2) is 56.1 Å². The molecule has 2 aliphatic heterocycles. The van der Waals surface area contributed by atoms with Gasteiger partial charge in [0.25, 0.3) is 0 Å². The van der Waals surface area contributed by atoms with Crippen molar-refractivity contribution in [3.63, 3.8) is 0 Å². The average molecular weight is 435 g/mol. The molecule has 2 aliphatic rings. The number of ether oxygens (including phenoxy) is 2. The van der Waals surface area contributed by atoms with Crippen LogP contribution in [0.2, 0.25) is 0 Å². The van der Waals surface area contributed by atoms with Gasteiger partial charge < -0.3 is 24.2 Å². The third-order valence-corrected chi connectivity index (χ3v) is 6.13. The molecule has 1 saturated heterocycles. The summed E-state index contributed by atoms with van der Waals surface area (Å²) in [4.78, 5) is 5.04. The van der Waals surface area contributed by atoms with E-state index in [2.05, 4.69) is 51.5 Å². The molecular weight excluding hydrogens is 404 g/mol. The normalized spacial score (nSPS) is 16.0. The highest BCUT2D eigenvalue weighted by Gasteiger charge is 2.17. The van der Waals surface area contributed by atoms with E-state index < -0.39 is 0 Å². The summed E-state index contributed by atoms with van der Waals surface area (Å²) < 4.78 is 16.3. The molecule has 168 valence electrons. The number of hydrogen-bond donors (Lipinski definition) is 1. The molecule has 0 radical (unpaired) electrons. The van der Waals surface area contributed by atoms with Gasteiger partial charge in [-0.1, -0.05) is 22.9 Å². The Bertz CT molecular complexity index is 1030.